The summed E-state index contributed by atoms with van der Waals surface area (Å²) in [5.74, 6) is 0.897. The summed E-state index contributed by atoms with van der Waals surface area (Å²) in [5, 5.41) is 14.5. The molecule has 0 amide bonds. The van der Waals surface area contributed by atoms with E-state index in [4.69, 9.17) is 9.78 Å². The lowest BCUT2D eigenvalue weighted by atomic mass is 10.3. The highest BCUT2D eigenvalue weighted by atomic mass is 32.1. The van der Waals surface area contributed by atoms with Crippen LogP contribution in [0.2, 0.25) is 0 Å². The van der Waals surface area contributed by atoms with Crippen LogP contribution in [-0.4, -0.2) is 15.1 Å². The monoisotopic (exact) mass is 254 g/mol. The van der Waals surface area contributed by atoms with Crippen molar-refractivity contribution in [3.63, 3.8) is 0 Å². The smallest absolute Gasteiger partial charge is 0.276 e. The minimum atomic E-state index is 0.350. The molecule has 3 rings (SSSR count). The number of pyridine rings is 1. The van der Waals surface area contributed by atoms with E-state index < -0.39 is 0 Å². The van der Waals surface area contributed by atoms with Gasteiger partial charge < -0.3 is 4.52 Å². The molecule has 5 nitrogen and oxygen atoms in total. The molecule has 0 unspecified atom stereocenters. The van der Waals surface area contributed by atoms with Crippen molar-refractivity contribution in [1.82, 2.24) is 15.1 Å². The second kappa shape index (κ2) is 4.39. The summed E-state index contributed by atoms with van der Waals surface area (Å²) in [5.41, 5.74) is 1.06. The van der Waals surface area contributed by atoms with Gasteiger partial charge in [0.1, 0.15) is 11.8 Å². The van der Waals surface area contributed by atoms with Gasteiger partial charge in [0.25, 0.3) is 5.89 Å². The van der Waals surface area contributed by atoms with Gasteiger partial charge >= 0.3 is 0 Å². The van der Waals surface area contributed by atoms with Gasteiger partial charge in [-0.3, -0.25) is 0 Å². The van der Waals surface area contributed by atoms with Crippen molar-refractivity contribution >= 4 is 11.3 Å². The summed E-state index contributed by atoms with van der Waals surface area (Å²) in [6.07, 6.45) is 1.48. The van der Waals surface area contributed by atoms with Gasteiger partial charge in [0.2, 0.25) is 5.82 Å². The van der Waals surface area contributed by atoms with Crippen LogP contribution >= 0.6 is 11.3 Å². The Balaban J connectivity index is 1.95. The lowest BCUT2D eigenvalue weighted by Gasteiger charge is -1.91. The Bertz CT molecular complexity index is 695. The molecule has 0 radical (unpaired) electrons. The second-order valence-corrected chi connectivity index (χ2v) is 4.39. The molecule has 3 aromatic heterocycles. The number of nitrogens with zero attached hydrogens (tertiary/aromatic N) is 4. The number of hydrogen-bond donors (Lipinski definition) is 0. The van der Waals surface area contributed by atoms with Crippen molar-refractivity contribution in [1.29, 1.82) is 5.26 Å². The Morgan fingerprint density at radius 3 is 2.89 bits per heavy atom. The first-order chi connectivity index (χ1) is 8.86. The van der Waals surface area contributed by atoms with E-state index in [1.165, 1.54) is 6.20 Å². The molecule has 0 aliphatic carbocycles. The minimum absolute atomic E-state index is 0.350. The van der Waals surface area contributed by atoms with Crippen LogP contribution in [0.4, 0.5) is 0 Å². The second-order valence-electron chi connectivity index (χ2n) is 3.44. The Morgan fingerprint density at radius 1 is 1.28 bits per heavy atom. The SMILES string of the molecule is N#Cc1ccc(-c2nc(-c3cccs3)no2)nc1. The fourth-order valence-corrected chi connectivity index (χ4v) is 2.07. The van der Waals surface area contributed by atoms with E-state index in [1.54, 1.807) is 23.5 Å². The first-order valence-corrected chi connectivity index (χ1v) is 5.99. The van der Waals surface area contributed by atoms with Gasteiger partial charge in [-0.2, -0.15) is 10.2 Å². The Kier molecular flexibility index (Phi) is 2.59. The van der Waals surface area contributed by atoms with E-state index >= 15 is 0 Å². The molecule has 86 valence electrons. The van der Waals surface area contributed by atoms with Crippen LogP contribution in [0.1, 0.15) is 5.56 Å². The molecule has 3 heterocycles. The maximum Gasteiger partial charge on any atom is 0.276 e. The molecule has 6 heteroatoms. The summed E-state index contributed by atoms with van der Waals surface area (Å²) >= 11 is 1.54. The van der Waals surface area contributed by atoms with Crippen molar-refractivity contribution in [2.75, 3.05) is 0 Å². The predicted octanol–water partition coefficient (Wildman–Crippen LogP) is 2.73. The number of nitriles is 1. The Hall–Kier alpha value is -2.52. The molecular formula is C12H6N4OS. The normalized spacial score (nSPS) is 10.2. The summed E-state index contributed by atoms with van der Waals surface area (Å²) in [4.78, 5) is 9.31. The van der Waals surface area contributed by atoms with Crippen LogP contribution in [0.15, 0.2) is 40.4 Å². The third-order valence-electron chi connectivity index (χ3n) is 2.28. The zero-order valence-corrected chi connectivity index (χ0v) is 9.89. The van der Waals surface area contributed by atoms with Gasteiger partial charge in [-0.15, -0.1) is 11.3 Å². The summed E-state index contributed by atoms with van der Waals surface area (Å²) < 4.78 is 5.15. The fourth-order valence-electron chi connectivity index (χ4n) is 1.42. The van der Waals surface area contributed by atoms with Crippen LogP contribution in [-0.2, 0) is 0 Å². The van der Waals surface area contributed by atoms with Crippen LogP contribution in [0.5, 0.6) is 0 Å². The molecule has 0 fully saturated rings. The largest absolute Gasteiger partial charge is 0.332 e. The molecule has 0 atom stereocenters. The number of hydrogen-bond acceptors (Lipinski definition) is 6. The molecule has 0 spiro atoms. The molecule has 3 aromatic rings. The van der Waals surface area contributed by atoms with E-state index in [0.717, 1.165) is 4.88 Å². The van der Waals surface area contributed by atoms with E-state index in [9.17, 15) is 0 Å². The molecular weight excluding hydrogens is 248 g/mol. The molecule has 18 heavy (non-hydrogen) atoms. The van der Waals surface area contributed by atoms with Crippen molar-refractivity contribution in [2.24, 2.45) is 0 Å². The average molecular weight is 254 g/mol. The molecule has 0 saturated carbocycles. The Labute approximate surface area is 106 Å². The van der Waals surface area contributed by atoms with E-state index in [1.807, 2.05) is 23.6 Å². The van der Waals surface area contributed by atoms with Gasteiger partial charge in [0.05, 0.1) is 10.4 Å². The fraction of sp³-hybridized carbons (Fsp3) is 0. The number of rotatable bonds is 2. The van der Waals surface area contributed by atoms with Crippen molar-refractivity contribution in [2.45, 2.75) is 0 Å². The van der Waals surface area contributed by atoms with Gasteiger partial charge in [-0.05, 0) is 23.6 Å². The lowest BCUT2D eigenvalue weighted by Crippen LogP contribution is -1.84. The maximum absolute atomic E-state index is 8.69. The van der Waals surface area contributed by atoms with Crippen molar-refractivity contribution < 1.29 is 4.52 Å². The summed E-state index contributed by atoms with van der Waals surface area (Å²) in [6, 6.07) is 9.20. The third-order valence-corrected chi connectivity index (χ3v) is 3.15. The minimum Gasteiger partial charge on any atom is -0.332 e. The van der Waals surface area contributed by atoms with Crippen molar-refractivity contribution in [3.8, 4) is 28.4 Å². The van der Waals surface area contributed by atoms with E-state index in [-0.39, 0.29) is 0 Å². The lowest BCUT2D eigenvalue weighted by molar-refractivity contribution is 0.431. The van der Waals surface area contributed by atoms with Crippen LogP contribution in [0, 0.1) is 11.3 Å². The van der Waals surface area contributed by atoms with Crippen molar-refractivity contribution in [3.05, 3.63) is 41.4 Å². The van der Waals surface area contributed by atoms with Crippen LogP contribution < -0.4 is 0 Å². The zero-order chi connectivity index (χ0) is 12.4. The highest BCUT2D eigenvalue weighted by Gasteiger charge is 2.11. The predicted molar refractivity (Wildman–Crippen MR) is 65.6 cm³/mol. The summed E-state index contributed by atoms with van der Waals surface area (Å²) in [6.45, 7) is 0. The molecule has 0 aromatic carbocycles. The molecule has 0 N–H and O–H groups in total. The zero-order valence-electron chi connectivity index (χ0n) is 9.07. The third kappa shape index (κ3) is 1.87. The quantitative estimate of drug-likeness (QED) is 0.702. The molecule has 0 aliphatic rings. The van der Waals surface area contributed by atoms with Gasteiger partial charge in [0, 0.05) is 6.20 Å². The summed E-state index contributed by atoms with van der Waals surface area (Å²) in [7, 11) is 0. The Morgan fingerprint density at radius 2 is 2.22 bits per heavy atom. The molecule has 0 bridgehead atoms. The first kappa shape index (κ1) is 10.6. The maximum atomic E-state index is 8.69. The topological polar surface area (TPSA) is 75.6 Å². The van der Waals surface area contributed by atoms with E-state index in [2.05, 4.69) is 15.1 Å². The van der Waals surface area contributed by atoms with Gasteiger partial charge in [-0.25, -0.2) is 4.98 Å². The standard InChI is InChI=1S/C12H6N4OS/c13-6-8-3-4-9(14-7-8)12-15-11(16-17-12)10-2-1-5-18-10/h1-5,7H. The van der Waals surface area contributed by atoms with Gasteiger partial charge in [0.15, 0.2) is 0 Å². The molecule has 0 saturated heterocycles. The van der Waals surface area contributed by atoms with Crippen LogP contribution in [0.25, 0.3) is 22.3 Å². The van der Waals surface area contributed by atoms with E-state index in [0.29, 0.717) is 23.0 Å². The van der Waals surface area contributed by atoms with Crippen LogP contribution in [0.3, 0.4) is 0 Å². The highest BCUT2D eigenvalue weighted by molar-refractivity contribution is 7.13. The first-order valence-electron chi connectivity index (χ1n) is 5.11. The van der Waals surface area contributed by atoms with Gasteiger partial charge in [-0.1, -0.05) is 11.2 Å². The highest BCUT2D eigenvalue weighted by Crippen LogP contribution is 2.24. The number of thiophene rings is 1. The number of aromatic nitrogens is 3. The average Bonchev–Trinajstić information content (AvgIpc) is 3.09. The molecule has 0 aliphatic heterocycles.